The van der Waals surface area contributed by atoms with Gasteiger partial charge in [0, 0.05) is 5.92 Å². The van der Waals surface area contributed by atoms with Crippen LogP contribution in [0.25, 0.3) is 0 Å². The molecule has 1 N–H and O–H groups in total. The summed E-state index contributed by atoms with van der Waals surface area (Å²) in [4.78, 5) is 0. The van der Waals surface area contributed by atoms with Gasteiger partial charge < -0.3 is 5.11 Å². The zero-order valence-corrected chi connectivity index (χ0v) is 7.66. The minimum atomic E-state index is -1.48. The highest BCUT2D eigenvalue weighted by molar-refractivity contribution is 5.27. The normalized spacial score (nSPS) is 10.2. The lowest BCUT2D eigenvalue weighted by Gasteiger charge is -2.25. The fourth-order valence-electron chi connectivity index (χ4n) is 1.12. The van der Waals surface area contributed by atoms with Gasteiger partial charge in [-0.2, -0.15) is 0 Å². The second-order valence-corrected chi connectivity index (χ2v) is 2.80. The fourth-order valence-corrected chi connectivity index (χ4v) is 1.12. The third-order valence-electron chi connectivity index (χ3n) is 1.93. The summed E-state index contributed by atoms with van der Waals surface area (Å²) < 4.78 is 0. The minimum Gasteiger partial charge on any atom is -0.367 e. The van der Waals surface area contributed by atoms with E-state index in [2.05, 4.69) is 25.0 Å². The van der Waals surface area contributed by atoms with E-state index in [0.717, 1.165) is 0 Å². The van der Waals surface area contributed by atoms with Gasteiger partial charge in [-0.3, -0.25) is 0 Å². The van der Waals surface area contributed by atoms with Crippen LogP contribution in [0.1, 0.15) is 12.8 Å². The van der Waals surface area contributed by atoms with Gasteiger partial charge in [-0.25, -0.2) is 0 Å². The molecule has 68 valence electrons. The van der Waals surface area contributed by atoms with E-state index in [1.807, 2.05) is 0 Å². The van der Waals surface area contributed by atoms with E-state index in [4.69, 9.17) is 12.8 Å². The van der Waals surface area contributed by atoms with E-state index < -0.39 is 5.60 Å². The molecule has 0 saturated heterocycles. The third kappa shape index (κ3) is 2.82. The highest BCUT2D eigenvalue weighted by Gasteiger charge is 2.30. The average Bonchev–Trinajstić information content (AvgIpc) is 2.16. The molecular formula is C12H14O. The van der Waals surface area contributed by atoms with Crippen LogP contribution in [0.2, 0.25) is 0 Å². The number of aliphatic hydroxyl groups is 1. The van der Waals surface area contributed by atoms with Gasteiger partial charge in [-0.15, -0.1) is 26.0 Å². The molecule has 13 heavy (non-hydrogen) atoms. The van der Waals surface area contributed by atoms with Crippen molar-refractivity contribution in [2.45, 2.75) is 18.4 Å². The van der Waals surface area contributed by atoms with Gasteiger partial charge in [0.05, 0.1) is 0 Å². The molecule has 0 aliphatic rings. The summed E-state index contributed by atoms with van der Waals surface area (Å²) in [7, 11) is 0. The molecule has 0 aliphatic heterocycles. The first-order valence-electron chi connectivity index (χ1n) is 4.04. The van der Waals surface area contributed by atoms with Gasteiger partial charge in [-0.1, -0.05) is 24.0 Å². The first kappa shape index (κ1) is 11.6. The molecule has 0 aromatic rings. The summed E-state index contributed by atoms with van der Waals surface area (Å²) in [6.07, 6.45) is 14.9. The standard InChI is InChI=1S/C12H14O/c1-5-9-11(10-6-2)12(13,7-3)8-4/h3-6,11,13H,1-2,9-10H2. The van der Waals surface area contributed by atoms with Crippen molar-refractivity contribution in [3.63, 3.8) is 0 Å². The summed E-state index contributed by atoms with van der Waals surface area (Å²) in [5.74, 6) is 4.25. The van der Waals surface area contributed by atoms with Gasteiger partial charge in [0.2, 0.25) is 0 Å². The summed E-state index contributed by atoms with van der Waals surface area (Å²) in [6.45, 7) is 7.16. The molecule has 0 radical (unpaired) electrons. The van der Waals surface area contributed by atoms with Crippen LogP contribution in [0.3, 0.4) is 0 Å². The van der Waals surface area contributed by atoms with E-state index in [1.165, 1.54) is 0 Å². The molecule has 0 atom stereocenters. The Balaban J connectivity index is 4.71. The molecule has 0 aromatic carbocycles. The van der Waals surface area contributed by atoms with Crippen LogP contribution in [0, 0.1) is 30.6 Å². The van der Waals surface area contributed by atoms with Crippen LogP contribution < -0.4 is 0 Å². The largest absolute Gasteiger partial charge is 0.367 e. The molecule has 0 spiro atoms. The average molecular weight is 174 g/mol. The molecule has 0 bridgehead atoms. The Kier molecular flexibility index (Phi) is 4.67. The SMILES string of the molecule is C#CC(O)(C#C)C(CC=C)CC=C. The van der Waals surface area contributed by atoms with Crippen molar-refractivity contribution in [1.82, 2.24) is 0 Å². The number of hydrogen-bond donors (Lipinski definition) is 1. The molecule has 0 aromatic heterocycles. The Labute approximate surface area is 80.2 Å². The summed E-state index contributed by atoms with van der Waals surface area (Å²) >= 11 is 0. The second kappa shape index (κ2) is 5.25. The van der Waals surface area contributed by atoms with Crippen molar-refractivity contribution in [3.05, 3.63) is 25.3 Å². The van der Waals surface area contributed by atoms with E-state index >= 15 is 0 Å². The smallest absolute Gasteiger partial charge is 0.190 e. The first-order valence-corrected chi connectivity index (χ1v) is 4.04. The molecule has 1 nitrogen and oxygen atoms in total. The zero-order chi connectivity index (χ0) is 10.3. The summed E-state index contributed by atoms with van der Waals surface area (Å²) in [5.41, 5.74) is -1.48. The van der Waals surface area contributed by atoms with Gasteiger partial charge in [0.1, 0.15) is 0 Å². The van der Waals surface area contributed by atoms with E-state index in [9.17, 15) is 5.11 Å². The maximum Gasteiger partial charge on any atom is 0.190 e. The van der Waals surface area contributed by atoms with Crippen LogP contribution in [-0.2, 0) is 0 Å². The van der Waals surface area contributed by atoms with Crippen LogP contribution in [-0.4, -0.2) is 10.7 Å². The van der Waals surface area contributed by atoms with Crippen molar-refractivity contribution < 1.29 is 5.11 Å². The van der Waals surface area contributed by atoms with E-state index in [0.29, 0.717) is 12.8 Å². The van der Waals surface area contributed by atoms with Crippen molar-refractivity contribution in [1.29, 1.82) is 0 Å². The summed E-state index contributed by atoms with van der Waals surface area (Å²) in [6, 6.07) is 0. The van der Waals surface area contributed by atoms with Gasteiger partial charge in [-0.05, 0) is 12.8 Å². The van der Waals surface area contributed by atoms with Crippen LogP contribution in [0.15, 0.2) is 25.3 Å². The van der Waals surface area contributed by atoms with Gasteiger partial charge in [0.15, 0.2) is 5.60 Å². The third-order valence-corrected chi connectivity index (χ3v) is 1.93. The lowest BCUT2D eigenvalue weighted by atomic mass is 9.84. The van der Waals surface area contributed by atoms with Crippen molar-refractivity contribution in [2.24, 2.45) is 5.92 Å². The molecule has 0 saturated carbocycles. The molecule has 0 heterocycles. The van der Waals surface area contributed by atoms with Gasteiger partial charge >= 0.3 is 0 Å². The first-order chi connectivity index (χ1) is 6.14. The Morgan fingerprint density at radius 1 is 1.23 bits per heavy atom. The van der Waals surface area contributed by atoms with E-state index in [1.54, 1.807) is 12.2 Å². The highest BCUT2D eigenvalue weighted by atomic mass is 16.3. The topological polar surface area (TPSA) is 20.2 Å². The Morgan fingerprint density at radius 3 is 1.85 bits per heavy atom. The number of rotatable bonds is 5. The molecule has 0 rings (SSSR count). The summed E-state index contributed by atoms with van der Waals surface area (Å²) in [5, 5.41) is 9.78. The monoisotopic (exact) mass is 174 g/mol. The van der Waals surface area contributed by atoms with Gasteiger partial charge in [0.25, 0.3) is 0 Å². The minimum absolute atomic E-state index is 0.197. The molecule has 0 unspecified atom stereocenters. The molecular weight excluding hydrogens is 160 g/mol. The second-order valence-electron chi connectivity index (χ2n) is 2.80. The lowest BCUT2D eigenvalue weighted by molar-refractivity contribution is 0.0967. The zero-order valence-electron chi connectivity index (χ0n) is 7.66. The van der Waals surface area contributed by atoms with Crippen molar-refractivity contribution in [3.8, 4) is 24.7 Å². The number of terminal acetylenes is 2. The maximum atomic E-state index is 9.78. The quantitative estimate of drug-likeness (QED) is 0.497. The predicted octanol–water partition coefficient (Wildman–Crippen LogP) is 1.75. The van der Waals surface area contributed by atoms with Crippen LogP contribution in [0.5, 0.6) is 0 Å². The lowest BCUT2D eigenvalue weighted by Crippen LogP contribution is -2.34. The maximum absolute atomic E-state index is 9.78. The number of allylic oxidation sites excluding steroid dienone is 2. The molecule has 0 fully saturated rings. The Bertz CT molecular complexity index is 238. The highest BCUT2D eigenvalue weighted by Crippen LogP contribution is 2.24. The molecule has 1 heteroatoms. The molecule has 0 amide bonds. The fraction of sp³-hybridized carbons (Fsp3) is 0.333. The number of hydrogen-bond acceptors (Lipinski definition) is 1. The Morgan fingerprint density at radius 2 is 1.62 bits per heavy atom. The molecule has 0 aliphatic carbocycles. The van der Waals surface area contributed by atoms with Crippen molar-refractivity contribution >= 4 is 0 Å². The Hall–Kier alpha value is -1.44. The van der Waals surface area contributed by atoms with E-state index in [-0.39, 0.29) is 5.92 Å². The predicted molar refractivity (Wildman–Crippen MR) is 55.7 cm³/mol. The van der Waals surface area contributed by atoms with Crippen molar-refractivity contribution in [2.75, 3.05) is 0 Å². The van der Waals surface area contributed by atoms with Crippen LogP contribution >= 0.6 is 0 Å². The van der Waals surface area contributed by atoms with Crippen LogP contribution in [0.4, 0.5) is 0 Å².